The zero-order valence-corrected chi connectivity index (χ0v) is 20.2. The van der Waals surface area contributed by atoms with Gasteiger partial charge in [-0.2, -0.15) is 0 Å². The third-order valence-electron chi connectivity index (χ3n) is 6.16. The van der Waals surface area contributed by atoms with E-state index in [-0.39, 0.29) is 35.0 Å². The van der Waals surface area contributed by atoms with E-state index in [1.165, 1.54) is 23.9 Å². The molecule has 13 heteroatoms. The van der Waals surface area contributed by atoms with E-state index in [0.717, 1.165) is 11.1 Å². The van der Waals surface area contributed by atoms with Gasteiger partial charge in [0.1, 0.15) is 17.0 Å². The van der Waals surface area contributed by atoms with E-state index in [4.69, 9.17) is 10.5 Å². The van der Waals surface area contributed by atoms with Gasteiger partial charge in [-0.3, -0.25) is 19.5 Å². The molecule has 0 radical (unpaired) electrons. The maximum Gasteiger partial charge on any atom is 0.267 e. The van der Waals surface area contributed by atoms with Crippen LogP contribution in [0.25, 0.3) is 11.0 Å². The van der Waals surface area contributed by atoms with Crippen molar-refractivity contribution in [1.29, 1.82) is 0 Å². The van der Waals surface area contributed by atoms with Crippen molar-refractivity contribution in [1.82, 2.24) is 24.9 Å². The van der Waals surface area contributed by atoms with Crippen molar-refractivity contribution in [3.05, 3.63) is 47.5 Å². The lowest BCUT2D eigenvalue weighted by atomic mass is 10.1. The molecule has 1 unspecified atom stereocenters. The number of β-amino-alcohol motifs (C(OH)–C–C–N with tert-alkyl or cyclic N) is 1. The van der Waals surface area contributed by atoms with Crippen LogP contribution in [0.1, 0.15) is 22.2 Å². The van der Waals surface area contributed by atoms with E-state index in [0.29, 0.717) is 43.4 Å². The number of pyridine rings is 3. The van der Waals surface area contributed by atoms with Gasteiger partial charge < -0.3 is 15.6 Å². The highest BCUT2D eigenvalue weighted by molar-refractivity contribution is 8.00. The highest BCUT2D eigenvalue weighted by Crippen LogP contribution is 2.35. The number of halogens is 1. The average Bonchev–Trinajstić information content (AvgIpc) is 2.88. The summed E-state index contributed by atoms with van der Waals surface area (Å²) in [6.45, 7) is 2.14. The molecular formula is C23H24FN7O4S. The summed E-state index contributed by atoms with van der Waals surface area (Å²) in [6, 6.07) is 6.59. The zero-order chi connectivity index (χ0) is 25.4. The lowest BCUT2D eigenvalue weighted by Gasteiger charge is -2.42. The van der Waals surface area contributed by atoms with Crippen molar-refractivity contribution in [3.63, 3.8) is 0 Å². The van der Waals surface area contributed by atoms with Crippen LogP contribution in [-0.2, 0) is 4.79 Å². The Labute approximate surface area is 210 Å². The highest BCUT2D eigenvalue weighted by Gasteiger charge is 2.34. The molecule has 188 valence electrons. The molecule has 1 atom stereocenters. The summed E-state index contributed by atoms with van der Waals surface area (Å²) in [5.74, 6) is -0.489. The van der Waals surface area contributed by atoms with Gasteiger partial charge in [0.15, 0.2) is 5.82 Å². The fourth-order valence-corrected chi connectivity index (χ4v) is 5.21. The van der Waals surface area contributed by atoms with Crippen LogP contribution in [0, 0.1) is 5.82 Å². The number of fused-ring (bicyclic) bond motifs is 2. The number of aliphatic hydroxyl groups excluding tert-OH is 1. The lowest BCUT2D eigenvalue weighted by molar-refractivity contribution is -0.120. The number of rotatable bonds is 6. The molecule has 5 heterocycles. The molecule has 5 rings (SSSR count). The minimum Gasteiger partial charge on any atom is -0.481 e. The molecule has 1 saturated heterocycles. The van der Waals surface area contributed by atoms with Crippen LogP contribution in [0.2, 0.25) is 0 Å². The number of hydrogen-bond acceptors (Lipinski definition) is 10. The highest BCUT2D eigenvalue weighted by atomic mass is 32.2. The molecule has 0 spiro atoms. The topological polar surface area (TPSA) is 138 Å². The first-order chi connectivity index (χ1) is 17.4. The maximum absolute atomic E-state index is 14.7. The molecule has 3 aromatic heterocycles. The number of nitrogens with zero attached hydrogens (tertiary/aromatic N) is 6. The number of carbonyl (C=O) groups is 2. The van der Waals surface area contributed by atoms with Crippen molar-refractivity contribution in [2.24, 2.45) is 5.73 Å². The first kappa shape index (κ1) is 24.3. The SMILES string of the molecule is COc1ccc2ncc(F)c(C(O)CN3CCN(N4C(=O)CSc5ccc(C(N)=O)nc54)CC3)c2n1. The number of aromatic nitrogens is 3. The number of anilines is 1. The van der Waals surface area contributed by atoms with Gasteiger partial charge in [-0.1, -0.05) is 0 Å². The number of hydrazine groups is 1. The number of methoxy groups -OCH3 is 1. The third-order valence-corrected chi connectivity index (χ3v) is 7.18. The van der Waals surface area contributed by atoms with E-state index in [1.807, 2.05) is 9.91 Å². The van der Waals surface area contributed by atoms with E-state index < -0.39 is 17.8 Å². The zero-order valence-electron chi connectivity index (χ0n) is 19.4. The summed E-state index contributed by atoms with van der Waals surface area (Å²) in [7, 11) is 1.46. The van der Waals surface area contributed by atoms with Crippen LogP contribution in [0.5, 0.6) is 5.88 Å². The van der Waals surface area contributed by atoms with Gasteiger partial charge in [0, 0.05) is 44.4 Å². The van der Waals surface area contributed by atoms with E-state index in [2.05, 4.69) is 15.0 Å². The Hall–Kier alpha value is -3.39. The Bertz CT molecular complexity index is 1340. The van der Waals surface area contributed by atoms with Crippen molar-refractivity contribution < 1.29 is 23.8 Å². The molecule has 2 aliphatic heterocycles. The second-order valence-corrected chi connectivity index (χ2v) is 9.41. The number of thioether (sulfide) groups is 1. The number of hydrogen-bond donors (Lipinski definition) is 2. The van der Waals surface area contributed by atoms with Crippen LogP contribution in [-0.4, -0.2) is 87.4 Å². The van der Waals surface area contributed by atoms with Gasteiger partial charge in [-0.25, -0.2) is 24.4 Å². The molecule has 0 bridgehead atoms. The van der Waals surface area contributed by atoms with Crippen molar-refractivity contribution in [3.8, 4) is 5.88 Å². The molecule has 11 nitrogen and oxygen atoms in total. The first-order valence-corrected chi connectivity index (χ1v) is 12.2. The fourth-order valence-electron chi connectivity index (χ4n) is 4.38. The first-order valence-electron chi connectivity index (χ1n) is 11.3. The Morgan fingerprint density at radius 2 is 2.00 bits per heavy atom. The summed E-state index contributed by atoms with van der Waals surface area (Å²) in [4.78, 5) is 39.9. The Morgan fingerprint density at radius 1 is 1.22 bits per heavy atom. The van der Waals surface area contributed by atoms with E-state index in [9.17, 15) is 19.1 Å². The fraction of sp³-hybridized carbons (Fsp3) is 0.348. The van der Waals surface area contributed by atoms with Crippen molar-refractivity contribution in [2.75, 3.05) is 50.6 Å². The third kappa shape index (κ3) is 4.57. The quantitative estimate of drug-likeness (QED) is 0.490. The summed E-state index contributed by atoms with van der Waals surface area (Å²) in [6.07, 6.45) is -0.0622. The van der Waals surface area contributed by atoms with Crippen LogP contribution < -0.4 is 15.5 Å². The minimum absolute atomic E-state index is 0.0710. The van der Waals surface area contributed by atoms with Crippen LogP contribution in [0.4, 0.5) is 10.2 Å². The second-order valence-electron chi connectivity index (χ2n) is 8.39. The molecule has 36 heavy (non-hydrogen) atoms. The number of aliphatic hydroxyl groups is 1. The summed E-state index contributed by atoms with van der Waals surface area (Å²) >= 11 is 1.36. The summed E-state index contributed by atoms with van der Waals surface area (Å²) < 4.78 is 19.9. The van der Waals surface area contributed by atoms with Crippen LogP contribution in [0.3, 0.4) is 0 Å². The van der Waals surface area contributed by atoms with E-state index in [1.54, 1.807) is 24.3 Å². The Morgan fingerprint density at radius 3 is 2.72 bits per heavy atom. The van der Waals surface area contributed by atoms with Gasteiger partial charge in [0.2, 0.25) is 5.88 Å². The predicted molar refractivity (Wildman–Crippen MR) is 130 cm³/mol. The number of piperazine rings is 1. The maximum atomic E-state index is 14.7. The monoisotopic (exact) mass is 513 g/mol. The molecule has 0 aromatic carbocycles. The van der Waals surface area contributed by atoms with Gasteiger partial charge in [-0.05, 0) is 18.2 Å². The van der Waals surface area contributed by atoms with Gasteiger partial charge >= 0.3 is 0 Å². The second kappa shape index (κ2) is 9.93. The number of amides is 2. The normalized spacial score (nSPS) is 17.8. The van der Waals surface area contributed by atoms with Gasteiger partial charge in [0.05, 0.1) is 35.6 Å². The standard InChI is InChI=1S/C23H24FN7O4S/c1-35-18-5-3-14-21(28-18)20(13(24)10-26-14)16(32)11-29-6-8-30(9-7-29)31-19(33)12-36-17-4-2-15(22(25)34)27-23(17)31/h2-5,10,16,32H,6-9,11-12H2,1H3,(H2,25,34). The molecule has 1 fully saturated rings. The number of carbonyl (C=O) groups excluding carboxylic acids is 2. The summed E-state index contributed by atoms with van der Waals surface area (Å²) in [5.41, 5.74) is 6.26. The number of nitrogens with two attached hydrogens (primary N) is 1. The summed E-state index contributed by atoms with van der Waals surface area (Å²) in [5, 5.41) is 14.3. The molecule has 2 aliphatic rings. The van der Waals surface area contributed by atoms with Gasteiger partial charge in [-0.15, -0.1) is 11.8 Å². The largest absolute Gasteiger partial charge is 0.481 e. The van der Waals surface area contributed by atoms with Crippen molar-refractivity contribution in [2.45, 2.75) is 11.0 Å². The molecule has 3 aromatic rings. The molecule has 0 aliphatic carbocycles. The van der Waals surface area contributed by atoms with E-state index >= 15 is 0 Å². The average molecular weight is 514 g/mol. The smallest absolute Gasteiger partial charge is 0.267 e. The molecule has 2 amide bonds. The molecule has 0 saturated carbocycles. The van der Waals surface area contributed by atoms with Crippen molar-refractivity contribution >= 4 is 40.4 Å². The minimum atomic E-state index is -1.14. The molecular weight excluding hydrogens is 489 g/mol. The Balaban J connectivity index is 1.31. The Kier molecular flexibility index (Phi) is 6.71. The number of ether oxygens (including phenoxy) is 1. The van der Waals surface area contributed by atoms with Crippen LogP contribution in [0.15, 0.2) is 35.4 Å². The van der Waals surface area contributed by atoms with Crippen LogP contribution >= 0.6 is 11.8 Å². The predicted octanol–water partition coefficient (Wildman–Crippen LogP) is 0.976. The number of primary amides is 1. The molecule has 3 N–H and O–H groups in total. The van der Waals surface area contributed by atoms with Gasteiger partial charge in [0.25, 0.3) is 11.8 Å². The lowest BCUT2D eigenvalue weighted by Crippen LogP contribution is -2.57.